The van der Waals surface area contributed by atoms with Gasteiger partial charge in [-0.15, -0.1) is 0 Å². The quantitative estimate of drug-likeness (QED) is 0.238. The fourth-order valence-electron chi connectivity index (χ4n) is 3.96. The third-order valence-corrected chi connectivity index (χ3v) is 7.46. The molecule has 4 rings (SSSR count). The summed E-state index contributed by atoms with van der Waals surface area (Å²) in [7, 11) is -4.26. The highest BCUT2D eigenvalue weighted by molar-refractivity contribution is 7.93. The monoisotopic (exact) mass is 487 g/mol. The molecule has 0 unspecified atom stereocenters. The van der Waals surface area contributed by atoms with E-state index in [0.717, 1.165) is 21.9 Å². The third-order valence-electron chi connectivity index (χ3n) is 5.72. The smallest absolute Gasteiger partial charge is 0.271 e. The Bertz CT molecular complexity index is 1530. The highest BCUT2D eigenvalue weighted by atomic mass is 32.2. The van der Waals surface area contributed by atoms with Gasteiger partial charge in [0.25, 0.3) is 15.9 Å². The molecule has 0 fully saturated rings. The van der Waals surface area contributed by atoms with Crippen LogP contribution in [0.5, 0.6) is 0 Å². The third kappa shape index (κ3) is 4.81. The van der Waals surface area contributed by atoms with Gasteiger partial charge in [-0.3, -0.25) is 9.59 Å². The van der Waals surface area contributed by atoms with Crippen molar-refractivity contribution in [2.45, 2.75) is 32.1 Å². The molecule has 1 amide bonds. The fourth-order valence-corrected chi connectivity index (χ4v) is 5.34. The van der Waals surface area contributed by atoms with Crippen LogP contribution in [0.4, 0.5) is 5.69 Å². The summed E-state index contributed by atoms with van der Waals surface area (Å²) in [5.74, 6) is -0.514. The maximum atomic E-state index is 13.7. The Labute approximate surface area is 204 Å². The van der Waals surface area contributed by atoms with Gasteiger partial charge in [-0.1, -0.05) is 49.4 Å². The molecular formula is C28H25NO5S. The average Bonchev–Trinajstić information content (AvgIpc) is 3.18. The lowest BCUT2D eigenvalue weighted by molar-refractivity contribution is -0.113. The molecule has 7 heteroatoms. The number of Topliss-reactive ketones (excluding diaryl/α,β-unsaturated/α-hetero) is 1. The lowest BCUT2D eigenvalue weighted by Crippen LogP contribution is -2.35. The van der Waals surface area contributed by atoms with E-state index in [1.54, 1.807) is 31.2 Å². The first-order chi connectivity index (χ1) is 16.7. The number of amides is 1. The molecule has 0 aliphatic carbocycles. The second kappa shape index (κ2) is 9.72. The molecule has 4 aromatic rings. The number of furan rings is 1. The van der Waals surface area contributed by atoms with E-state index in [1.165, 1.54) is 37.3 Å². The Kier molecular flexibility index (Phi) is 6.71. The number of fused-ring (bicyclic) bond motifs is 1. The predicted molar refractivity (Wildman–Crippen MR) is 137 cm³/mol. The molecule has 3 aromatic carbocycles. The molecule has 0 aliphatic heterocycles. The first kappa shape index (κ1) is 24.2. The number of benzene rings is 3. The average molecular weight is 488 g/mol. The van der Waals surface area contributed by atoms with Gasteiger partial charge >= 0.3 is 0 Å². The number of anilines is 1. The summed E-state index contributed by atoms with van der Waals surface area (Å²) >= 11 is 0. The molecule has 0 saturated carbocycles. The summed E-state index contributed by atoms with van der Waals surface area (Å²) in [6.45, 7) is 5.07. The fraction of sp³-hybridized carbons (Fsp3) is 0.143. The van der Waals surface area contributed by atoms with Gasteiger partial charge < -0.3 is 4.42 Å². The zero-order chi connectivity index (χ0) is 25.2. The van der Waals surface area contributed by atoms with Crippen LogP contribution >= 0.6 is 0 Å². The van der Waals surface area contributed by atoms with Crippen molar-refractivity contribution >= 4 is 44.4 Å². The normalized spacial score (nSPS) is 11.7. The number of sulfonamides is 1. The minimum atomic E-state index is -4.26. The van der Waals surface area contributed by atoms with E-state index in [0.29, 0.717) is 22.3 Å². The van der Waals surface area contributed by atoms with Gasteiger partial charge in [0.2, 0.25) is 0 Å². The number of aryl methyl sites for hydroxylation is 2. The summed E-state index contributed by atoms with van der Waals surface area (Å²) in [5, 5.41) is 0.453. The first-order valence-corrected chi connectivity index (χ1v) is 12.6. The summed E-state index contributed by atoms with van der Waals surface area (Å²) in [4.78, 5) is 25.6. The summed E-state index contributed by atoms with van der Waals surface area (Å²) < 4.78 is 33.9. The van der Waals surface area contributed by atoms with Crippen LogP contribution in [0.3, 0.4) is 0 Å². The summed E-state index contributed by atoms with van der Waals surface area (Å²) in [5.41, 5.74) is 2.65. The van der Waals surface area contributed by atoms with Crippen molar-refractivity contribution in [2.75, 3.05) is 4.31 Å². The van der Waals surface area contributed by atoms with E-state index in [1.807, 2.05) is 37.3 Å². The molecular weight excluding hydrogens is 462 g/mol. The van der Waals surface area contributed by atoms with Gasteiger partial charge in [-0.2, -0.15) is 4.31 Å². The van der Waals surface area contributed by atoms with Crippen LogP contribution < -0.4 is 4.31 Å². The van der Waals surface area contributed by atoms with Gasteiger partial charge in [0, 0.05) is 11.5 Å². The number of hydrogen-bond donors (Lipinski definition) is 0. The first-order valence-electron chi connectivity index (χ1n) is 11.2. The Morgan fingerprint density at radius 1 is 0.971 bits per heavy atom. The second-order valence-electron chi connectivity index (χ2n) is 8.12. The van der Waals surface area contributed by atoms with Gasteiger partial charge in [-0.25, -0.2) is 8.42 Å². The minimum Gasteiger partial charge on any atom is -0.461 e. The molecule has 0 N–H and O–H groups in total. The Hall–Kier alpha value is -3.97. The van der Waals surface area contributed by atoms with Crippen LogP contribution in [0, 0.1) is 6.92 Å². The predicted octanol–water partition coefficient (Wildman–Crippen LogP) is 5.94. The van der Waals surface area contributed by atoms with Crippen LogP contribution in [0.2, 0.25) is 0 Å². The van der Waals surface area contributed by atoms with E-state index in [9.17, 15) is 18.0 Å². The van der Waals surface area contributed by atoms with Crippen molar-refractivity contribution in [2.24, 2.45) is 0 Å². The summed E-state index contributed by atoms with van der Waals surface area (Å²) in [6, 6.07) is 20.2. The summed E-state index contributed by atoms with van der Waals surface area (Å²) in [6.07, 6.45) is 3.55. The van der Waals surface area contributed by atoms with Crippen LogP contribution in [0.1, 0.15) is 41.1 Å². The van der Waals surface area contributed by atoms with Crippen molar-refractivity contribution in [3.63, 3.8) is 0 Å². The SMILES string of the molecule is CCc1ccc(S(=O)(=O)N(C(=O)/C=C\c2ccccc2)c2ccc3oc(C)c(C(C)=O)c3c2)cc1. The topological polar surface area (TPSA) is 84.7 Å². The van der Waals surface area contributed by atoms with E-state index < -0.39 is 15.9 Å². The molecule has 1 aromatic heterocycles. The number of carbonyl (C=O) groups is 2. The van der Waals surface area contributed by atoms with E-state index in [4.69, 9.17) is 4.42 Å². The maximum Gasteiger partial charge on any atom is 0.271 e. The molecule has 1 heterocycles. The van der Waals surface area contributed by atoms with Crippen molar-refractivity contribution in [3.05, 3.63) is 101 Å². The number of nitrogens with zero attached hydrogens (tertiary/aromatic N) is 1. The number of ketones is 1. The zero-order valence-electron chi connectivity index (χ0n) is 19.7. The van der Waals surface area contributed by atoms with Crippen LogP contribution in [0.25, 0.3) is 17.0 Å². The maximum absolute atomic E-state index is 13.7. The lowest BCUT2D eigenvalue weighted by atomic mass is 10.1. The molecule has 0 bridgehead atoms. The van der Waals surface area contributed by atoms with Crippen LogP contribution in [-0.2, 0) is 21.2 Å². The molecule has 0 atom stereocenters. The molecule has 0 radical (unpaired) electrons. The van der Waals surface area contributed by atoms with Crippen LogP contribution in [0.15, 0.2) is 88.2 Å². The van der Waals surface area contributed by atoms with Gasteiger partial charge in [0.1, 0.15) is 11.3 Å². The second-order valence-corrected chi connectivity index (χ2v) is 9.91. The number of hydrogen-bond acceptors (Lipinski definition) is 5. The van der Waals surface area contributed by atoms with Crippen molar-refractivity contribution in [3.8, 4) is 0 Å². The van der Waals surface area contributed by atoms with Gasteiger partial charge in [0.05, 0.1) is 16.1 Å². The van der Waals surface area contributed by atoms with Crippen LogP contribution in [-0.4, -0.2) is 20.1 Å². The minimum absolute atomic E-state index is 0.00794. The molecule has 178 valence electrons. The zero-order valence-corrected chi connectivity index (χ0v) is 20.5. The lowest BCUT2D eigenvalue weighted by Gasteiger charge is -2.21. The number of carbonyl (C=O) groups excluding carboxylic acids is 2. The standard InChI is InChI=1S/C28H25NO5S/c1-4-21-10-14-24(15-11-21)35(32,33)29(27(31)17-12-22-8-6-5-7-9-22)23-13-16-26-25(18-23)28(19(2)30)20(3)34-26/h5-18H,4H2,1-3H3/b17-12-. The van der Waals surface area contributed by atoms with Gasteiger partial charge in [0.15, 0.2) is 5.78 Å². The van der Waals surface area contributed by atoms with Gasteiger partial charge in [-0.05, 0) is 67.8 Å². The Morgan fingerprint density at radius 2 is 1.66 bits per heavy atom. The largest absolute Gasteiger partial charge is 0.461 e. The molecule has 6 nitrogen and oxygen atoms in total. The van der Waals surface area contributed by atoms with E-state index in [-0.39, 0.29) is 16.4 Å². The van der Waals surface area contributed by atoms with Crippen molar-refractivity contribution < 1.29 is 22.4 Å². The molecule has 0 spiro atoms. The molecule has 0 saturated heterocycles. The number of rotatable bonds is 7. The van der Waals surface area contributed by atoms with E-state index in [2.05, 4.69) is 0 Å². The Balaban J connectivity index is 1.87. The highest BCUT2D eigenvalue weighted by Crippen LogP contribution is 2.32. The molecule has 35 heavy (non-hydrogen) atoms. The van der Waals surface area contributed by atoms with E-state index >= 15 is 0 Å². The van der Waals surface area contributed by atoms with Crippen molar-refractivity contribution in [1.82, 2.24) is 0 Å². The highest BCUT2D eigenvalue weighted by Gasteiger charge is 2.30. The van der Waals surface area contributed by atoms with Crippen molar-refractivity contribution in [1.29, 1.82) is 0 Å². The Morgan fingerprint density at radius 3 is 2.29 bits per heavy atom. The molecule has 0 aliphatic rings.